The molecule has 0 bridgehead atoms. The van der Waals surface area contributed by atoms with Crippen LogP contribution in [0.1, 0.15) is 79.2 Å². The summed E-state index contributed by atoms with van der Waals surface area (Å²) in [5, 5.41) is 2.99. The van der Waals surface area contributed by atoms with Crippen LogP contribution in [0.2, 0.25) is 0 Å². The van der Waals surface area contributed by atoms with E-state index < -0.39 is 0 Å². The molecule has 4 N–H and O–H groups in total. The first kappa shape index (κ1) is 32.1. The molecule has 0 spiro atoms. The highest BCUT2D eigenvalue weighted by Crippen LogP contribution is 2.22. The lowest BCUT2D eigenvalue weighted by Crippen LogP contribution is -2.41. The fourth-order valence-corrected chi connectivity index (χ4v) is 4.96. The monoisotopic (exact) mass is 568 g/mol. The second kappa shape index (κ2) is 16.8. The van der Waals surface area contributed by atoms with Crippen LogP contribution in [0, 0.1) is 5.92 Å². The minimum absolute atomic E-state index is 0.0357. The number of carbonyl (C=O) groups is 3. The summed E-state index contributed by atoms with van der Waals surface area (Å²) in [5.74, 6) is -0.235. The van der Waals surface area contributed by atoms with E-state index >= 15 is 0 Å². The number of nitrogens with two attached hydrogens (primary N) is 1. The molecule has 3 aromatic rings. The molecule has 0 radical (unpaired) electrons. The van der Waals surface area contributed by atoms with E-state index in [-0.39, 0.29) is 23.6 Å². The van der Waals surface area contributed by atoms with Crippen molar-refractivity contribution in [2.75, 3.05) is 18.4 Å². The van der Waals surface area contributed by atoms with E-state index in [9.17, 15) is 14.4 Å². The van der Waals surface area contributed by atoms with Gasteiger partial charge in [-0.05, 0) is 73.6 Å². The first-order valence-electron chi connectivity index (χ1n) is 15.0. The third-order valence-corrected chi connectivity index (χ3v) is 7.32. The van der Waals surface area contributed by atoms with Gasteiger partial charge >= 0.3 is 0 Å². The number of piperidine rings is 1. The number of nitrogens with one attached hydrogen (secondary N) is 2. The number of allylic oxidation sites excluding steroid dienone is 2. The number of amides is 3. The van der Waals surface area contributed by atoms with Gasteiger partial charge in [0.15, 0.2) is 0 Å². The van der Waals surface area contributed by atoms with Crippen LogP contribution in [-0.2, 0) is 22.4 Å². The maximum atomic E-state index is 12.2. The number of benzene rings is 2. The number of hydrogen-bond acceptors (Lipinski definition) is 3. The number of H-pyrrole nitrogens is 1. The molecule has 1 saturated heterocycles. The van der Waals surface area contributed by atoms with Gasteiger partial charge in [-0.3, -0.25) is 14.4 Å². The van der Waals surface area contributed by atoms with Crippen molar-refractivity contribution in [2.24, 2.45) is 11.7 Å². The fourth-order valence-electron chi connectivity index (χ4n) is 4.96. The quantitative estimate of drug-likeness (QED) is 0.298. The number of fused-ring (bicyclic) bond motifs is 1. The number of aryl methyl sites for hydroxylation is 2. The van der Waals surface area contributed by atoms with Gasteiger partial charge in [0.05, 0.1) is 0 Å². The zero-order chi connectivity index (χ0) is 30.3. The first-order valence-corrected chi connectivity index (χ1v) is 15.0. The molecule has 0 atom stereocenters. The molecule has 1 aromatic heterocycles. The van der Waals surface area contributed by atoms with E-state index in [4.69, 9.17) is 5.73 Å². The average Bonchev–Trinajstić information content (AvgIpc) is 3.26. The van der Waals surface area contributed by atoms with Gasteiger partial charge in [-0.1, -0.05) is 69.3 Å². The number of aromatic nitrogens is 1. The van der Waals surface area contributed by atoms with Crippen molar-refractivity contribution in [1.29, 1.82) is 0 Å². The average molecular weight is 569 g/mol. The van der Waals surface area contributed by atoms with Crippen LogP contribution in [0.5, 0.6) is 0 Å². The minimum Gasteiger partial charge on any atom is -0.369 e. The molecule has 2 heterocycles. The molecular formula is C35H44N4O3. The summed E-state index contributed by atoms with van der Waals surface area (Å²) < 4.78 is 0. The number of carbonyl (C=O) groups excluding carboxylic acids is 3. The molecular weight excluding hydrogens is 524 g/mol. The highest BCUT2D eigenvalue weighted by Gasteiger charge is 2.26. The molecule has 7 heteroatoms. The molecule has 3 amide bonds. The maximum Gasteiger partial charge on any atom is 0.253 e. The Hall–Kier alpha value is -4.39. The third-order valence-electron chi connectivity index (χ3n) is 7.32. The van der Waals surface area contributed by atoms with Crippen LogP contribution in [0.3, 0.4) is 0 Å². The van der Waals surface area contributed by atoms with Crippen LogP contribution in [0.15, 0.2) is 72.9 Å². The molecule has 1 fully saturated rings. The Balaban J connectivity index is 0.000000227. The Labute approximate surface area is 249 Å². The van der Waals surface area contributed by atoms with Gasteiger partial charge in [-0.15, -0.1) is 0 Å². The Kier molecular flexibility index (Phi) is 12.8. The van der Waals surface area contributed by atoms with Crippen molar-refractivity contribution >= 4 is 35.6 Å². The molecule has 5 rings (SSSR count). The van der Waals surface area contributed by atoms with Gasteiger partial charge in [0.25, 0.3) is 5.91 Å². The number of hydrogen-bond donors (Lipinski definition) is 3. The van der Waals surface area contributed by atoms with Crippen LogP contribution in [0.25, 0.3) is 12.2 Å². The number of nitrogens with zero attached hydrogens (tertiary/aromatic N) is 1. The van der Waals surface area contributed by atoms with E-state index in [2.05, 4.69) is 47.6 Å². The normalized spacial score (nSPS) is 13.9. The minimum atomic E-state index is -0.253. The van der Waals surface area contributed by atoms with Crippen LogP contribution in [-0.4, -0.2) is 40.7 Å². The van der Waals surface area contributed by atoms with Crippen molar-refractivity contribution in [3.05, 3.63) is 101 Å². The van der Waals surface area contributed by atoms with Crippen molar-refractivity contribution in [3.8, 4) is 0 Å². The van der Waals surface area contributed by atoms with Gasteiger partial charge in [0, 0.05) is 54.1 Å². The van der Waals surface area contributed by atoms with Crippen molar-refractivity contribution in [3.63, 3.8) is 0 Å². The lowest BCUT2D eigenvalue weighted by molar-refractivity contribution is -0.123. The van der Waals surface area contributed by atoms with Gasteiger partial charge in [-0.25, -0.2) is 0 Å². The zero-order valence-electron chi connectivity index (χ0n) is 25.1. The summed E-state index contributed by atoms with van der Waals surface area (Å²) in [4.78, 5) is 40.4. The zero-order valence-corrected chi connectivity index (χ0v) is 25.1. The van der Waals surface area contributed by atoms with E-state index in [1.54, 1.807) is 4.90 Å². The number of primary amides is 1. The Bertz CT molecular complexity index is 1370. The maximum absolute atomic E-state index is 12.2. The molecule has 7 nitrogen and oxygen atoms in total. The highest BCUT2D eigenvalue weighted by atomic mass is 16.2. The summed E-state index contributed by atoms with van der Waals surface area (Å²) in [7, 11) is 0. The van der Waals surface area contributed by atoms with E-state index in [0.29, 0.717) is 37.9 Å². The van der Waals surface area contributed by atoms with Crippen molar-refractivity contribution < 1.29 is 14.4 Å². The lowest BCUT2D eigenvalue weighted by Gasteiger charge is -2.30. The van der Waals surface area contributed by atoms with E-state index in [1.165, 1.54) is 16.7 Å². The predicted molar refractivity (Wildman–Crippen MR) is 172 cm³/mol. The second-order valence-electron chi connectivity index (χ2n) is 10.1. The summed E-state index contributed by atoms with van der Waals surface area (Å²) in [5.41, 5.74) is 11.6. The Morgan fingerprint density at radius 2 is 1.69 bits per heavy atom. The largest absolute Gasteiger partial charge is 0.369 e. The fraction of sp³-hybridized carbons (Fsp3) is 0.343. The molecule has 1 aliphatic heterocycles. The van der Waals surface area contributed by atoms with Crippen LogP contribution >= 0.6 is 0 Å². The van der Waals surface area contributed by atoms with Gasteiger partial charge in [0.2, 0.25) is 11.8 Å². The van der Waals surface area contributed by atoms with Crippen LogP contribution < -0.4 is 11.1 Å². The van der Waals surface area contributed by atoms with Crippen molar-refractivity contribution in [2.45, 2.75) is 59.3 Å². The molecule has 2 aliphatic rings. The van der Waals surface area contributed by atoms with Gasteiger partial charge in [-0.2, -0.15) is 0 Å². The topological polar surface area (TPSA) is 108 Å². The summed E-state index contributed by atoms with van der Waals surface area (Å²) in [6.45, 7) is 7.34. The van der Waals surface area contributed by atoms with Crippen LogP contribution in [0.4, 0.5) is 5.69 Å². The molecule has 1 aliphatic carbocycles. The standard InChI is InChI=1S/C20H22N2O.C13H16N2O2.C2H6/c1-2-15-7-6-8-17(13-15)22-20(23)12-11-16-14-21-19-10-5-3-4-9-18(16)19;14-12(16)10-6-8-15(9-7-10)13(17)11-4-2-1-3-5-11;1-2/h4-10,13-14,21H,2-3,11-12H2,1H3,(H,22,23);1-5,10H,6-9H2,(H2,14,16);1-2H3. The van der Waals surface area contributed by atoms with Crippen molar-refractivity contribution in [1.82, 2.24) is 9.88 Å². The molecule has 2 aromatic carbocycles. The number of rotatable bonds is 7. The number of aromatic amines is 1. The third kappa shape index (κ3) is 9.33. The summed E-state index contributed by atoms with van der Waals surface area (Å²) in [6.07, 6.45) is 15.0. The number of likely N-dealkylation sites (tertiary alicyclic amines) is 1. The summed E-state index contributed by atoms with van der Waals surface area (Å²) >= 11 is 0. The van der Waals surface area contributed by atoms with E-state index in [1.807, 2.05) is 68.6 Å². The SMILES string of the molecule is CC.CCc1cccc(NC(=O)CCc2c[nH]c3c2C=CCC=C3)c1.NC(=O)C1CCN(C(=O)c2ccccc2)CC1. The lowest BCUT2D eigenvalue weighted by atomic mass is 9.96. The number of anilines is 1. The van der Waals surface area contributed by atoms with Gasteiger partial charge < -0.3 is 20.9 Å². The smallest absolute Gasteiger partial charge is 0.253 e. The molecule has 222 valence electrons. The molecule has 42 heavy (non-hydrogen) atoms. The summed E-state index contributed by atoms with van der Waals surface area (Å²) in [6, 6.07) is 17.2. The highest BCUT2D eigenvalue weighted by molar-refractivity contribution is 5.94. The second-order valence-corrected chi connectivity index (χ2v) is 10.1. The van der Waals surface area contributed by atoms with Gasteiger partial charge in [0.1, 0.15) is 0 Å². The molecule has 0 unspecified atom stereocenters. The first-order chi connectivity index (χ1) is 20.4. The van der Waals surface area contributed by atoms with E-state index in [0.717, 1.165) is 30.6 Å². The Morgan fingerprint density at radius 1 is 0.976 bits per heavy atom. The Morgan fingerprint density at radius 3 is 2.38 bits per heavy atom. The molecule has 0 saturated carbocycles. The predicted octanol–water partition coefficient (Wildman–Crippen LogP) is 6.63.